The first-order valence-electron chi connectivity index (χ1n) is 10.2. The summed E-state index contributed by atoms with van der Waals surface area (Å²) in [5.74, 6) is 0. The summed E-state index contributed by atoms with van der Waals surface area (Å²) in [7, 11) is 0. The Kier molecular flexibility index (Phi) is 4.37. The van der Waals surface area contributed by atoms with Crippen molar-refractivity contribution < 1.29 is 4.79 Å². The van der Waals surface area contributed by atoms with E-state index in [9.17, 15) is 4.79 Å². The predicted molar refractivity (Wildman–Crippen MR) is 115 cm³/mol. The molecule has 28 heavy (non-hydrogen) atoms. The van der Waals surface area contributed by atoms with Crippen LogP contribution in [0.3, 0.4) is 0 Å². The summed E-state index contributed by atoms with van der Waals surface area (Å²) in [6.45, 7) is 5.18. The van der Waals surface area contributed by atoms with Gasteiger partial charge in [-0.05, 0) is 75.5 Å². The Morgan fingerprint density at radius 1 is 1.14 bits per heavy atom. The third-order valence-corrected chi connectivity index (χ3v) is 6.85. The Morgan fingerprint density at radius 2 is 1.93 bits per heavy atom. The molecule has 0 bridgehead atoms. The molecule has 1 spiro atoms. The van der Waals surface area contributed by atoms with E-state index in [0.29, 0.717) is 5.02 Å². The Morgan fingerprint density at radius 3 is 2.64 bits per heavy atom. The number of carbonyl (C=O) groups is 1. The molecule has 1 aliphatic carbocycles. The van der Waals surface area contributed by atoms with E-state index in [1.54, 1.807) is 6.07 Å². The van der Waals surface area contributed by atoms with Crippen molar-refractivity contribution in [3.05, 3.63) is 58.6 Å². The molecule has 0 atom stereocenters. The number of likely N-dealkylation sites (tertiary alicyclic amines) is 1. The summed E-state index contributed by atoms with van der Waals surface area (Å²) >= 11 is 6.08. The van der Waals surface area contributed by atoms with Crippen molar-refractivity contribution in [2.45, 2.75) is 44.1 Å². The molecule has 0 aromatic heterocycles. The monoisotopic (exact) mass is 395 g/mol. The largest absolute Gasteiger partial charge is 0.326 e. The molecule has 1 N–H and O–H groups in total. The standard InChI is InChI=1S/C23H26ClN3O/c1-16-5-8-21-20(13-16)23(9-11-26(12-10-23)19-6-7-19)15-27(21)22(28)25-18-4-2-3-17(24)14-18/h2-5,8,13-14,19H,6-7,9-12,15H2,1H3,(H,25,28). The number of anilines is 2. The quantitative estimate of drug-likeness (QED) is 0.758. The molecule has 1 saturated carbocycles. The van der Waals surface area contributed by atoms with E-state index in [1.807, 2.05) is 23.1 Å². The van der Waals surface area contributed by atoms with E-state index in [2.05, 4.69) is 35.3 Å². The molecule has 0 unspecified atom stereocenters. The predicted octanol–water partition coefficient (Wildman–Crippen LogP) is 5.20. The molecule has 5 heteroatoms. The van der Waals surface area contributed by atoms with Crippen molar-refractivity contribution in [1.82, 2.24) is 4.90 Å². The van der Waals surface area contributed by atoms with Crippen LogP contribution >= 0.6 is 11.6 Å². The number of urea groups is 1. The second-order valence-electron chi connectivity index (χ2n) is 8.59. The molecular formula is C23H26ClN3O. The summed E-state index contributed by atoms with van der Waals surface area (Å²) in [5.41, 5.74) is 4.49. The molecule has 2 heterocycles. The first-order chi connectivity index (χ1) is 13.5. The zero-order valence-corrected chi connectivity index (χ0v) is 17.0. The zero-order chi connectivity index (χ0) is 19.3. The Balaban J connectivity index is 1.41. The lowest BCUT2D eigenvalue weighted by atomic mass is 9.74. The van der Waals surface area contributed by atoms with Crippen molar-refractivity contribution in [3.8, 4) is 0 Å². The van der Waals surface area contributed by atoms with Crippen LogP contribution in [0.25, 0.3) is 0 Å². The van der Waals surface area contributed by atoms with E-state index in [4.69, 9.17) is 11.6 Å². The van der Waals surface area contributed by atoms with Crippen LogP contribution in [0.5, 0.6) is 0 Å². The molecule has 2 fully saturated rings. The minimum atomic E-state index is -0.0751. The Labute approximate surface area is 171 Å². The Bertz CT molecular complexity index is 916. The highest BCUT2D eigenvalue weighted by molar-refractivity contribution is 6.30. The molecule has 5 rings (SSSR count). The van der Waals surface area contributed by atoms with Crippen molar-refractivity contribution in [1.29, 1.82) is 0 Å². The van der Waals surface area contributed by atoms with Crippen LogP contribution in [0.4, 0.5) is 16.2 Å². The molecule has 1 saturated heterocycles. The molecular weight excluding hydrogens is 370 g/mol. The summed E-state index contributed by atoms with van der Waals surface area (Å²) in [6.07, 6.45) is 4.97. The van der Waals surface area contributed by atoms with Gasteiger partial charge in [0.1, 0.15) is 0 Å². The average molecular weight is 396 g/mol. The van der Waals surface area contributed by atoms with E-state index >= 15 is 0 Å². The number of carbonyl (C=O) groups excluding carboxylic acids is 1. The number of amides is 2. The van der Waals surface area contributed by atoms with Crippen LogP contribution in [0, 0.1) is 6.92 Å². The molecule has 2 amide bonds. The number of fused-ring (bicyclic) bond motifs is 2. The van der Waals surface area contributed by atoms with Crippen LogP contribution in [-0.2, 0) is 5.41 Å². The number of nitrogens with one attached hydrogen (secondary N) is 1. The molecule has 0 radical (unpaired) electrons. The molecule has 2 aliphatic heterocycles. The number of hydrogen-bond acceptors (Lipinski definition) is 2. The van der Waals surface area contributed by atoms with Gasteiger partial charge in [-0.1, -0.05) is 35.4 Å². The topological polar surface area (TPSA) is 35.6 Å². The minimum Gasteiger partial charge on any atom is -0.307 e. The minimum absolute atomic E-state index is 0.0751. The maximum Gasteiger partial charge on any atom is 0.326 e. The number of aryl methyl sites for hydroxylation is 1. The van der Waals surface area contributed by atoms with Gasteiger partial charge in [0.15, 0.2) is 0 Å². The number of nitrogens with zero attached hydrogens (tertiary/aromatic N) is 2. The zero-order valence-electron chi connectivity index (χ0n) is 16.2. The van der Waals surface area contributed by atoms with Gasteiger partial charge in [-0.25, -0.2) is 4.79 Å². The van der Waals surface area contributed by atoms with Crippen molar-refractivity contribution in [3.63, 3.8) is 0 Å². The van der Waals surface area contributed by atoms with Gasteiger partial charge in [0.25, 0.3) is 0 Å². The summed E-state index contributed by atoms with van der Waals surface area (Å²) < 4.78 is 0. The number of piperidine rings is 1. The summed E-state index contributed by atoms with van der Waals surface area (Å²) in [5, 5.41) is 3.66. The fourth-order valence-electron chi connectivity index (χ4n) is 4.91. The fourth-order valence-corrected chi connectivity index (χ4v) is 5.10. The van der Waals surface area contributed by atoms with Crippen LogP contribution < -0.4 is 10.2 Å². The third-order valence-electron chi connectivity index (χ3n) is 6.61. The van der Waals surface area contributed by atoms with Crippen molar-refractivity contribution in [2.75, 3.05) is 29.9 Å². The number of hydrogen-bond donors (Lipinski definition) is 1. The third kappa shape index (κ3) is 3.19. The second kappa shape index (κ2) is 6.78. The van der Waals surface area contributed by atoms with Crippen LogP contribution in [0.2, 0.25) is 5.02 Å². The van der Waals surface area contributed by atoms with E-state index in [1.165, 1.54) is 24.0 Å². The number of benzene rings is 2. The molecule has 4 nitrogen and oxygen atoms in total. The maximum atomic E-state index is 13.1. The van der Waals surface area contributed by atoms with Crippen LogP contribution in [0.1, 0.15) is 36.8 Å². The number of rotatable bonds is 2. The lowest BCUT2D eigenvalue weighted by Crippen LogP contribution is -2.47. The number of halogens is 1. The van der Waals surface area contributed by atoms with Crippen LogP contribution in [-0.4, -0.2) is 36.6 Å². The first-order valence-corrected chi connectivity index (χ1v) is 10.6. The summed E-state index contributed by atoms with van der Waals surface area (Å²) in [6, 6.07) is 14.6. The highest BCUT2D eigenvalue weighted by Gasteiger charge is 2.47. The molecule has 146 valence electrons. The van der Waals surface area contributed by atoms with Gasteiger partial charge in [0.05, 0.1) is 0 Å². The average Bonchev–Trinajstić information content (AvgIpc) is 3.48. The lowest BCUT2D eigenvalue weighted by Gasteiger charge is -2.40. The van der Waals surface area contributed by atoms with Crippen LogP contribution in [0.15, 0.2) is 42.5 Å². The van der Waals surface area contributed by atoms with Gasteiger partial charge >= 0.3 is 6.03 Å². The SMILES string of the molecule is Cc1ccc2c(c1)C1(CCN(C3CC3)CC1)CN2C(=O)Nc1cccc(Cl)c1. The van der Waals surface area contributed by atoms with E-state index in [0.717, 1.165) is 49.9 Å². The van der Waals surface area contributed by atoms with Gasteiger partial charge in [0.2, 0.25) is 0 Å². The van der Waals surface area contributed by atoms with E-state index < -0.39 is 0 Å². The van der Waals surface area contributed by atoms with Crippen molar-refractivity contribution in [2.24, 2.45) is 0 Å². The highest BCUT2D eigenvalue weighted by Crippen LogP contribution is 2.48. The van der Waals surface area contributed by atoms with Gasteiger partial charge in [0, 0.05) is 34.4 Å². The smallest absolute Gasteiger partial charge is 0.307 e. The van der Waals surface area contributed by atoms with Gasteiger partial charge < -0.3 is 10.2 Å². The Hall–Kier alpha value is -2.04. The maximum absolute atomic E-state index is 13.1. The lowest BCUT2D eigenvalue weighted by molar-refractivity contribution is 0.159. The molecule has 2 aromatic carbocycles. The first kappa shape index (κ1) is 18.0. The van der Waals surface area contributed by atoms with Gasteiger partial charge in [-0.2, -0.15) is 0 Å². The van der Waals surface area contributed by atoms with Gasteiger partial charge in [-0.3, -0.25) is 4.90 Å². The van der Waals surface area contributed by atoms with E-state index in [-0.39, 0.29) is 11.4 Å². The normalized spacial score (nSPS) is 21.0. The second-order valence-corrected chi connectivity index (χ2v) is 9.03. The highest BCUT2D eigenvalue weighted by atomic mass is 35.5. The summed E-state index contributed by atoms with van der Waals surface area (Å²) in [4.78, 5) is 17.7. The van der Waals surface area contributed by atoms with Gasteiger partial charge in [-0.15, -0.1) is 0 Å². The van der Waals surface area contributed by atoms with Crippen molar-refractivity contribution >= 4 is 29.0 Å². The molecule has 3 aliphatic rings. The fraction of sp³-hybridized carbons (Fsp3) is 0.435. The molecule has 2 aromatic rings.